The van der Waals surface area contributed by atoms with Crippen LogP contribution in [-0.2, 0) is 4.79 Å². The molecule has 2 nitrogen and oxygen atoms in total. The third kappa shape index (κ3) is 4.08. The van der Waals surface area contributed by atoms with Gasteiger partial charge in [-0.1, -0.05) is 32.0 Å². The molecule has 2 heteroatoms. The highest BCUT2D eigenvalue weighted by Crippen LogP contribution is 2.22. The van der Waals surface area contributed by atoms with Gasteiger partial charge in [0.25, 0.3) is 0 Å². The first-order valence-corrected chi connectivity index (χ1v) is 4.83. The Kier molecular flexibility index (Phi) is 6.46. The summed E-state index contributed by atoms with van der Waals surface area (Å²) in [6.45, 7) is 5.85. The number of hydrogen-bond acceptors (Lipinski definition) is 2. The van der Waals surface area contributed by atoms with Crippen molar-refractivity contribution in [2.75, 3.05) is 12.4 Å². The number of benzene rings is 1. The molecule has 0 heterocycles. The summed E-state index contributed by atoms with van der Waals surface area (Å²) in [6.07, 6.45) is 0.750. The van der Waals surface area contributed by atoms with Gasteiger partial charge in [-0.3, -0.25) is 0 Å². The van der Waals surface area contributed by atoms with Gasteiger partial charge in [0.2, 0.25) is 0 Å². The molecule has 1 N–H and O–H groups in total. The molecule has 0 unspecified atom stereocenters. The van der Waals surface area contributed by atoms with Gasteiger partial charge in [0.15, 0.2) is 0 Å². The minimum atomic E-state index is 0.596. The number of para-hydroxylation sites is 1. The highest BCUT2D eigenvalue weighted by Gasteiger charge is 2.02. The fourth-order valence-electron chi connectivity index (χ4n) is 1.23. The van der Waals surface area contributed by atoms with Crippen molar-refractivity contribution in [1.29, 1.82) is 0 Å². The number of rotatable bonds is 2. The van der Waals surface area contributed by atoms with Gasteiger partial charge in [-0.25, -0.2) is 0 Å². The normalized spacial score (nSPS) is 8.93. The zero-order chi connectivity index (χ0) is 11.0. The Bertz CT molecular complexity index is 269. The fraction of sp³-hybridized carbons (Fsp3) is 0.417. The minimum Gasteiger partial charge on any atom is -0.388 e. The second-order valence-electron chi connectivity index (χ2n) is 3.23. The molecule has 0 aliphatic rings. The van der Waals surface area contributed by atoms with Crippen molar-refractivity contribution in [1.82, 2.24) is 0 Å². The quantitative estimate of drug-likeness (QED) is 0.731. The number of anilines is 1. The first-order valence-electron chi connectivity index (χ1n) is 4.83. The molecule has 0 saturated carbocycles. The van der Waals surface area contributed by atoms with Crippen LogP contribution in [0.1, 0.15) is 32.3 Å². The van der Waals surface area contributed by atoms with Crippen LogP contribution in [0.5, 0.6) is 0 Å². The second-order valence-corrected chi connectivity index (χ2v) is 3.23. The molecule has 0 bridgehead atoms. The Balaban J connectivity index is 0.000000500. The zero-order valence-electron chi connectivity index (χ0n) is 9.37. The Morgan fingerprint density at radius 1 is 1.29 bits per heavy atom. The Labute approximate surface area is 86.3 Å². The second kappa shape index (κ2) is 7.13. The van der Waals surface area contributed by atoms with Gasteiger partial charge >= 0.3 is 0 Å². The van der Waals surface area contributed by atoms with Crippen LogP contribution < -0.4 is 5.32 Å². The lowest BCUT2D eigenvalue weighted by Crippen LogP contribution is -1.96. The van der Waals surface area contributed by atoms with Crippen molar-refractivity contribution in [3.05, 3.63) is 29.8 Å². The van der Waals surface area contributed by atoms with Crippen molar-refractivity contribution in [3.8, 4) is 0 Å². The predicted octanol–water partition coefficient (Wildman–Crippen LogP) is 3.06. The van der Waals surface area contributed by atoms with Gasteiger partial charge in [-0.2, -0.15) is 0 Å². The van der Waals surface area contributed by atoms with Crippen LogP contribution in [0.15, 0.2) is 24.3 Å². The minimum absolute atomic E-state index is 0.596. The molecule has 0 aliphatic heterocycles. The first kappa shape index (κ1) is 12.7. The summed E-state index contributed by atoms with van der Waals surface area (Å²) in [5.74, 6) is 0.596. The average Bonchev–Trinajstić information content (AvgIpc) is 2.19. The number of carbonyl (C=O) groups excluding carboxylic acids is 1. The summed E-state index contributed by atoms with van der Waals surface area (Å²) in [7, 11) is 1.96. The first-order chi connectivity index (χ1) is 6.67. The Morgan fingerprint density at radius 2 is 1.79 bits per heavy atom. The molecule has 0 saturated heterocycles. The van der Waals surface area contributed by atoms with E-state index in [0.717, 1.165) is 6.29 Å². The summed E-state index contributed by atoms with van der Waals surface area (Å²) in [4.78, 5) is 8.81. The summed E-state index contributed by atoms with van der Waals surface area (Å²) < 4.78 is 0. The number of hydrogen-bond donors (Lipinski definition) is 1. The van der Waals surface area contributed by atoms with E-state index in [0.29, 0.717) is 5.92 Å². The Hall–Kier alpha value is -1.31. The van der Waals surface area contributed by atoms with Gasteiger partial charge in [0.05, 0.1) is 0 Å². The van der Waals surface area contributed by atoms with E-state index >= 15 is 0 Å². The third-order valence-corrected chi connectivity index (χ3v) is 1.85. The molecular weight excluding hydrogens is 174 g/mol. The summed E-state index contributed by atoms with van der Waals surface area (Å²) in [5, 5.41) is 3.18. The lowest BCUT2D eigenvalue weighted by atomic mass is 10.0. The van der Waals surface area contributed by atoms with Crippen LogP contribution in [0.3, 0.4) is 0 Å². The van der Waals surface area contributed by atoms with Crippen molar-refractivity contribution in [3.63, 3.8) is 0 Å². The summed E-state index contributed by atoms with van der Waals surface area (Å²) in [5.41, 5.74) is 2.62. The van der Waals surface area contributed by atoms with Crippen molar-refractivity contribution in [2.24, 2.45) is 0 Å². The van der Waals surface area contributed by atoms with Crippen molar-refractivity contribution >= 4 is 12.0 Å². The molecule has 1 rings (SSSR count). The Morgan fingerprint density at radius 3 is 2.14 bits per heavy atom. The smallest absolute Gasteiger partial charge is 0.116 e. The number of nitrogens with one attached hydrogen (secondary N) is 1. The molecule has 0 aliphatic carbocycles. The molecule has 1 aromatic carbocycles. The molecule has 0 amide bonds. The molecule has 78 valence electrons. The van der Waals surface area contributed by atoms with Gasteiger partial charge in [-0.15, -0.1) is 0 Å². The maximum absolute atomic E-state index is 8.81. The number of aldehydes is 1. The van der Waals surface area contributed by atoms with E-state index in [-0.39, 0.29) is 0 Å². The highest BCUT2D eigenvalue weighted by molar-refractivity contribution is 5.51. The van der Waals surface area contributed by atoms with Crippen LogP contribution in [0.25, 0.3) is 0 Å². The molecule has 0 spiro atoms. The van der Waals surface area contributed by atoms with Gasteiger partial charge in [0, 0.05) is 12.7 Å². The molecule has 0 aromatic heterocycles. The lowest BCUT2D eigenvalue weighted by Gasteiger charge is -2.10. The van der Waals surface area contributed by atoms with Crippen LogP contribution >= 0.6 is 0 Å². The largest absolute Gasteiger partial charge is 0.388 e. The van der Waals surface area contributed by atoms with E-state index in [9.17, 15) is 0 Å². The monoisotopic (exact) mass is 193 g/mol. The van der Waals surface area contributed by atoms with E-state index in [2.05, 4.69) is 43.4 Å². The lowest BCUT2D eigenvalue weighted by molar-refractivity contribution is -0.106. The van der Waals surface area contributed by atoms with E-state index < -0.39 is 0 Å². The van der Waals surface area contributed by atoms with Crippen LogP contribution in [-0.4, -0.2) is 13.3 Å². The van der Waals surface area contributed by atoms with Gasteiger partial charge in [-0.05, 0) is 24.5 Å². The maximum Gasteiger partial charge on any atom is 0.116 e. The topological polar surface area (TPSA) is 29.1 Å². The van der Waals surface area contributed by atoms with Crippen LogP contribution in [0.2, 0.25) is 0 Å². The number of carbonyl (C=O) groups is 1. The molecule has 0 radical (unpaired) electrons. The summed E-state index contributed by atoms with van der Waals surface area (Å²) in [6, 6.07) is 8.40. The summed E-state index contributed by atoms with van der Waals surface area (Å²) >= 11 is 0. The van der Waals surface area contributed by atoms with Gasteiger partial charge < -0.3 is 10.1 Å². The molecule has 0 fully saturated rings. The van der Waals surface area contributed by atoms with Crippen LogP contribution in [0, 0.1) is 0 Å². The standard InChI is InChI=1S/C10H15N.C2H4O/c1-8(2)9-6-4-5-7-10(9)11-3;1-2-3/h4-8,11H,1-3H3;2H,1H3. The van der Waals surface area contributed by atoms with E-state index in [1.165, 1.54) is 18.2 Å². The molecule has 1 aromatic rings. The zero-order valence-corrected chi connectivity index (χ0v) is 9.37. The van der Waals surface area contributed by atoms with Gasteiger partial charge in [0.1, 0.15) is 6.29 Å². The van der Waals surface area contributed by atoms with Crippen LogP contribution in [0.4, 0.5) is 5.69 Å². The maximum atomic E-state index is 8.81. The molecule has 14 heavy (non-hydrogen) atoms. The predicted molar refractivity (Wildman–Crippen MR) is 61.8 cm³/mol. The van der Waals surface area contributed by atoms with Crippen molar-refractivity contribution in [2.45, 2.75) is 26.7 Å². The van der Waals surface area contributed by atoms with E-state index in [1.54, 1.807) is 0 Å². The average molecular weight is 193 g/mol. The van der Waals surface area contributed by atoms with Crippen molar-refractivity contribution < 1.29 is 4.79 Å². The van der Waals surface area contributed by atoms with E-state index in [1.807, 2.05) is 7.05 Å². The fourth-order valence-corrected chi connectivity index (χ4v) is 1.23. The molecular formula is C12H19NO. The third-order valence-electron chi connectivity index (χ3n) is 1.85. The molecule has 0 atom stereocenters. The van der Waals surface area contributed by atoms with E-state index in [4.69, 9.17) is 4.79 Å². The highest BCUT2D eigenvalue weighted by atomic mass is 16.1. The SMILES string of the molecule is CC=O.CNc1ccccc1C(C)C.